The lowest BCUT2D eigenvalue weighted by Gasteiger charge is -2.12. The van der Waals surface area contributed by atoms with Gasteiger partial charge in [-0.2, -0.15) is 0 Å². The maximum absolute atomic E-state index is 10.9. The van der Waals surface area contributed by atoms with Crippen LogP contribution in [0.1, 0.15) is 11.4 Å². The molecule has 0 bridgehead atoms. The average molecular weight is 231 g/mol. The highest BCUT2D eigenvalue weighted by Crippen LogP contribution is 2.24. The first-order valence-electron chi connectivity index (χ1n) is 5.25. The van der Waals surface area contributed by atoms with Crippen molar-refractivity contribution in [2.45, 2.75) is 13.8 Å². The quantitative estimate of drug-likeness (QED) is 0.652. The number of benzene rings is 1. The molecule has 1 heterocycles. The van der Waals surface area contributed by atoms with Gasteiger partial charge in [-0.1, -0.05) is 12.1 Å². The minimum Gasteiger partial charge on any atom is -0.288 e. The Morgan fingerprint density at radius 2 is 1.71 bits per heavy atom. The van der Waals surface area contributed by atoms with Gasteiger partial charge in [-0.05, 0) is 32.0 Å². The molecule has 5 heteroatoms. The van der Waals surface area contributed by atoms with Gasteiger partial charge in [0.05, 0.1) is 4.92 Å². The van der Waals surface area contributed by atoms with E-state index in [0.717, 1.165) is 11.4 Å². The van der Waals surface area contributed by atoms with Gasteiger partial charge in [0.2, 0.25) is 0 Å². The summed E-state index contributed by atoms with van der Waals surface area (Å²) in [6.07, 6.45) is 0. The van der Waals surface area contributed by atoms with E-state index in [-0.39, 0.29) is 5.69 Å². The second kappa shape index (κ2) is 4.29. The molecule has 0 aliphatic carbocycles. The molecule has 0 radical (unpaired) electrons. The first kappa shape index (κ1) is 11.2. The molecule has 0 saturated heterocycles. The predicted molar refractivity (Wildman–Crippen MR) is 66.0 cm³/mol. The maximum atomic E-state index is 10.9. The zero-order valence-corrected chi connectivity index (χ0v) is 9.68. The summed E-state index contributed by atoms with van der Waals surface area (Å²) in [5.74, 6) is 0. The van der Waals surface area contributed by atoms with Crippen LogP contribution in [0.25, 0.3) is 0 Å². The van der Waals surface area contributed by atoms with Crippen molar-refractivity contribution in [3.05, 3.63) is 57.9 Å². The lowest BCUT2D eigenvalue weighted by molar-refractivity contribution is -0.384. The highest BCUT2D eigenvalue weighted by molar-refractivity contribution is 5.61. The third kappa shape index (κ3) is 2.13. The molecule has 1 aromatic heterocycles. The molecular formula is C12H13N3O2. The first-order valence-corrected chi connectivity index (χ1v) is 5.25. The molecule has 5 nitrogen and oxygen atoms in total. The largest absolute Gasteiger partial charge is 0.294 e. The van der Waals surface area contributed by atoms with Crippen LogP contribution in [0.2, 0.25) is 0 Å². The molecule has 0 spiro atoms. The molecular weight excluding hydrogens is 218 g/mol. The molecule has 0 atom stereocenters. The fourth-order valence-electron chi connectivity index (χ4n) is 1.69. The number of para-hydroxylation sites is 2. The van der Waals surface area contributed by atoms with Crippen molar-refractivity contribution in [3.63, 3.8) is 0 Å². The van der Waals surface area contributed by atoms with Gasteiger partial charge < -0.3 is 0 Å². The van der Waals surface area contributed by atoms with Crippen LogP contribution >= 0.6 is 0 Å². The summed E-state index contributed by atoms with van der Waals surface area (Å²) < 4.78 is 1.82. The number of nitrogens with zero attached hydrogens (tertiary/aromatic N) is 2. The number of anilines is 1. The Morgan fingerprint density at radius 1 is 1.12 bits per heavy atom. The van der Waals surface area contributed by atoms with Crippen LogP contribution in [0.5, 0.6) is 0 Å². The molecule has 1 N–H and O–H groups in total. The summed E-state index contributed by atoms with van der Waals surface area (Å²) in [6, 6.07) is 10.5. The molecule has 0 aliphatic heterocycles. The highest BCUT2D eigenvalue weighted by Gasteiger charge is 2.13. The van der Waals surface area contributed by atoms with Gasteiger partial charge in [-0.3, -0.25) is 20.2 Å². The SMILES string of the molecule is Cc1ccc(C)n1Nc1ccccc1[N+](=O)[O-]. The van der Waals surface area contributed by atoms with E-state index in [0.29, 0.717) is 5.69 Å². The van der Waals surface area contributed by atoms with Crippen molar-refractivity contribution >= 4 is 11.4 Å². The lowest BCUT2D eigenvalue weighted by atomic mass is 10.3. The first-order chi connectivity index (χ1) is 8.09. The van der Waals surface area contributed by atoms with E-state index >= 15 is 0 Å². The molecule has 0 unspecified atom stereocenters. The number of nitrogens with one attached hydrogen (secondary N) is 1. The maximum Gasteiger partial charge on any atom is 0.294 e. The van der Waals surface area contributed by atoms with Crippen molar-refractivity contribution < 1.29 is 4.92 Å². The fraction of sp³-hybridized carbons (Fsp3) is 0.167. The smallest absolute Gasteiger partial charge is 0.288 e. The van der Waals surface area contributed by atoms with Crippen LogP contribution in [0, 0.1) is 24.0 Å². The van der Waals surface area contributed by atoms with Crippen LogP contribution in [0.3, 0.4) is 0 Å². The number of hydrogen-bond donors (Lipinski definition) is 1. The lowest BCUT2D eigenvalue weighted by Crippen LogP contribution is -2.13. The van der Waals surface area contributed by atoms with Crippen molar-refractivity contribution in [1.29, 1.82) is 0 Å². The Hall–Kier alpha value is -2.30. The Balaban J connectivity index is 2.40. The van der Waals surface area contributed by atoms with Gasteiger partial charge >= 0.3 is 0 Å². The van der Waals surface area contributed by atoms with Crippen LogP contribution in [0.4, 0.5) is 11.4 Å². The van der Waals surface area contributed by atoms with E-state index in [1.165, 1.54) is 6.07 Å². The summed E-state index contributed by atoms with van der Waals surface area (Å²) >= 11 is 0. The van der Waals surface area contributed by atoms with Crippen molar-refractivity contribution in [2.75, 3.05) is 5.43 Å². The van der Waals surface area contributed by atoms with Crippen molar-refractivity contribution in [1.82, 2.24) is 4.68 Å². The molecule has 88 valence electrons. The van der Waals surface area contributed by atoms with E-state index in [9.17, 15) is 10.1 Å². The topological polar surface area (TPSA) is 60.1 Å². The predicted octanol–water partition coefficient (Wildman–Crippen LogP) is 2.89. The minimum absolute atomic E-state index is 0.0694. The number of nitro benzene ring substituents is 1. The van der Waals surface area contributed by atoms with Crippen LogP contribution < -0.4 is 5.43 Å². The third-order valence-electron chi connectivity index (χ3n) is 2.60. The van der Waals surface area contributed by atoms with Crippen molar-refractivity contribution in [3.8, 4) is 0 Å². The van der Waals surface area contributed by atoms with Gasteiger partial charge in [-0.15, -0.1) is 0 Å². The number of hydrogen-bond acceptors (Lipinski definition) is 3. The molecule has 0 saturated carbocycles. The van der Waals surface area contributed by atoms with Crippen LogP contribution in [-0.2, 0) is 0 Å². The summed E-state index contributed by atoms with van der Waals surface area (Å²) in [5.41, 5.74) is 5.60. The number of rotatable bonds is 3. The average Bonchev–Trinajstić information content (AvgIpc) is 2.61. The molecule has 0 amide bonds. The summed E-state index contributed by atoms with van der Waals surface area (Å²) in [5, 5.41) is 10.9. The molecule has 17 heavy (non-hydrogen) atoms. The van der Waals surface area contributed by atoms with E-state index in [1.54, 1.807) is 18.2 Å². The molecule has 1 aromatic carbocycles. The van der Waals surface area contributed by atoms with Gasteiger partial charge in [-0.25, -0.2) is 0 Å². The Kier molecular flexibility index (Phi) is 2.82. The zero-order valence-electron chi connectivity index (χ0n) is 9.68. The number of nitro groups is 1. The van der Waals surface area contributed by atoms with Gasteiger partial charge in [0.15, 0.2) is 0 Å². The molecule has 2 aromatic rings. The standard InChI is InChI=1S/C12H13N3O2/c1-9-7-8-10(2)14(9)13-11-5-3-4-6-12(11)15(16)17/h3-8,13H,1-2H3. The molecule has 0 aliphatic rings. The zero-order chi connectivity index (χ0) is 12.4. The van der Waals surface area contributed by atoms with Crippen LogP contribution in [-0.4, -0.2) is 9.60 Å². The monoisotopic (exact) mass is 231 g/mol. The van der Waals surface area contributed by atoms with Crippen molar-refractivity contribution in [2.24, 2.45) is 0 Å². The second-order valence-electron chi connectivity index (χ2n) is 3.84. The molecule has 0 fully saturated rings. The summed E-state index contributed by atoms with van der Waals surface area (Å²) in [7, 11) is 0. The molecule has 2 rings (SSSR count). The third-order valence-corrected chi connectivity index (χ3v) is 2.60. The number of aryl methyl sites for hydroxylation is 2. The normalized spacial score (nSPS) is 10.2. The highest BCUT2D eigenvalue weighted by atomic mass is 16.6. The second-order valence-corrected chi connectivity index (χ2v) is 3.84. The summed E-state index contributed by atoms with van der Waals surface area (Å²) in [4.78, 5) is 10.5. The fourth-order valence-corrected chi connectivity index (χ4v) is 1.69. The Bertz CT molecular complexity index is 541. The Morgan fingerprint density at radius 3 is 2.29 bits per heavy atom. The van der Waals surface area contributed by atoms with Gasteiger partial charge in [0.1, 0.15) is 5.69 Å². The summed E-state index contributed by atoms with van der Waals surface area (Å²) in [6.45, 7) is 3.88. The van der Waals surface area contributed by atoms with E-state index < -0.39 is 4.92 Å². The number of aromatic nitrogens is 1. The Labute approximate surface area is 98.8 Å². The van der Waals surface area contributed by atoms with E-state index in [1.807, 2.05) is 30.7 Å². The minimum atomic E-state index is -0.392. The van der Waals surface area contributed by atoms with E-state index in [4.69, 9.17) is 0 Å². The van der Waals surface area contributed by atoms with E-state index in [2.05, 4.69) is 5.43 Å². The van der Waals surface area contributed by atoms with Gasteiger partial charge in [0, 0.05) is 17.5 Å². The van der Waals surface area contributed by atoms with Crippen LogP contribution in [0.15, 0.2) is 36.4 Å². The van der Waals surface area contributed by atoms with Gasteiger partial charge in [0.25, 0.3) is 5.69 Å².